The number of nitrogens with zero attached hydrogens (tertiary/aromatic N) is 24. The fourth-order valence-electron chi connectivity index (χ4n) is 8.94. The summed E-state index contributed by atoms with van der Waals surface area (Å²) in [6.07, 6.45) is 0. The van der Waals surface area contributed by atoms with Gasteiger partial charge in [0.1, 0.15) is 30.8 Å². The van der Waals surface area contributed by atoms with E-state index in [9.17, 15) is 21.0 Å². The van der Waals surface area contributed by atoms with Gasteiger partial charge in [-0.25, -0.2) is 15.0 Å². The molecule has 0 atom stereocenters. The van der Waals surface area contributed by atoms with Gasteiger partial charge in [0, 0.05) is 55.5 Å². The van der Waals surface area contributed by atoms with Gasteiger partial charge in [-0.15, -0.1) is 20.5 Å². The summed E-state index contributed by atoms with van der Waals surface area (Å²) in [5.41, 5.74) is 2.16. The summed E-state index contributed by atoms with van der Waals surface area (Å²) in [6.45, 7) is 51.2. The van der Waals surface area contributed by atoms with E-state index < -0.39 is 16.2 Å². The van der Waals surface area contributed by atoms with Crippen LogP contribution in [0.4, 0.5) is 59.9 Å². The molecule has 0 aliphatic carbocycles. The van der Waals surface area contributed by atoms with E-state index in [2.05, 4.69) is 114 Å². The second-order valence-corrected chi connectivity index (χ2v) is 25.0. The SMILES string of the molecule is [C-]#[N+]c1nc(N=Nc2sc(N(CC)CC)nc2C(C)(C)C)n(Cc2cc(Cn3c(N=Nc4sc(N(CC)CC)nc4C(C)(C)C)nc(C#N)c3C#N)cc(Cn3c(N=Nc4sc(N(CC)CC)nc4C(C)(C)C)nc(C#N)c3[N+]#[C-])c2)c1C#N. The monoisotopic (exact) mass is 1180 g/mol. The van der Waals surface area contributed by atoms with Gasteiger partial charge < -0.3 is 24.4 Å². The van der Waals surface area contributed by atoms with E-state index in [0.29, 0.717) is 31.7 Å². The van der Waals surface area contributed by atoms with Crippen molar-refractivity contribution in [3.63, 3.8) is 0 Å². The van der Waals surface area contributed by atoms with Gasteiger partial charge in [0.25, 0.3) is 11.8 Å². The molecule has 27 heteroatoms. The lowest BCUT2D eigenvalue weighted by molar-refractivity contribution is 0.572. The normalized spacial score (nSPS) is 12.0. The summed E-state index contributed by atoms with van der Waals surface area (Å²) in [4.78, 5) is 42.2. The molecular weight excluding hydrogens is 1120 g/mol. The molecule has 0 saturated heterocycles. The lowest BCUT2D eigenvalue weighted by Gasteiger charge is -2.18. The van der Waals surface area contributed by atoms with Crippen molar-refractivity contribution in [2.75, 3.05) is 54.0 Å². The number of hydrogen-bond acceptors (Lipinski definition) is 22. The smallest absolute Gasteiger partial charge is 0.345 e. The van der Waals surface area contributed by atoms with Gasteiger partial charge in [0.05, 0.1) is 30.2 Å². The topological polar surface area (TPSA) is 280 Å². The molecule has 7 aromatic rings. The second-order valence-electron chi connectivity index (χ2n) is 22.2. The first kappa shape index (κ1) is 62.5. The quantitative estimate of drug-likeness (QED) is 0.0478. The van der Waals surface area contributed by atoms with Crippen LogP contribution in [0.5, 0.6) is 0 Å². The van der Waals surface area contributed by atoms with Crippen LogP contribution in [0, 0.1) is 58.5 Å². The number of imidazole rings is 3. The molecule has 0 unspecified atom stereocenters. The average Bonchev–Trinajstić information content (AvgIpc) is 3.31. The van der Waals surface area contributed by atoms with Gasteiger partial charge in [-0.1, -0.05) is 143 Å². The molecule has 0 aliphatic heterocycles. The van der Waals surface area contributed by atoms with Crippen LogP contribution in [0.25, 0.3) is 9.69 Å². The fourth-order valence-corrected chi connectivity index (χ4v) is 12.6. The van der Waals surface area contributed by atoms with Gasteiger partial charge >= 0.3 is 17.7 Å². The maximum atomic E-state index is 10.7. The summed E-state index contributed by atoms with van der Waals surface area (Å²) in [5.74, 6) is -0.311. The highest BCUT2D eigenvalue weighted by Gasteiger charge is 2.30. The molecular formula is C57H66N24S3. The van der Waals surface area contributed by atoms with Gasteiger partial charge in [-0.2, -0.15) is 31.0 Å². The third kappa shape index (κ3) is 13.4. The van der Waals surface area contributed by atoms with E-state index in [4.69, 9.17) is 43.4 Å². The Morgan fingerprint density at radius 3 is 1.11 bits per heavy atom. The molecule has 0 bridgehead atoms. The van der Waals surface area contributed by atoms with E-state index in [0.717, 1.165) is 71.7 Å². The Kier molecular flexibility index (Phi) is 19.3. The highest BCUT2D eigenvalue weighted by Crippen LogP contribution is 2.44. The average molecular weight is 1180 g/mol. The van der Waals surface area contributed by atoms with E-state index in [1.165, 1.54) is 47.7 Å². The van der Waals surface area contributed by atoms with Crippen molar-refractivity contribution >= 4 is 93.9 Å². The Morgan fingerprint density at radius 1 is 0.452 bits per heavy atom. The van der Waals surface area contributed by atoms with Crippen LogP contribution < -0.4 is 14.7 Å². The number of anilines is 3. The zero-order chi connectivity index (χ0) is 61.4. The van der Waals surface area contributed by atoms with Crippen LogP contribution in [0.2, 0.25) is 0 Å². The molecule has 24 nitrogen and oxygen atoms in total. The zero-order valence-corrected chi connectivity index (χ0v) is 52.5. The number of aromatic nitrogens is 9. The molecule has 1 aromatic carbocycles. The second kappa shape index (κ2) is 26.0. The number of nitriles is 4. The lowest BCUT2D eigenvalue weighted by Crippen LogP contribution is -2.22. The Balaban J connectivity index is 1.42. The van der Waals surface area contributed by atoms with Crippen LogP contribution in [-0.2, 0) is 35.9 Å². The van der Waals surface area contributed by atoms with E-state index in [1.54, 1.807) is 0 Å². The van der Waals surface area contributed by atoms with E-state index >= 15 is 0 Å². The molecule has 432 valence electrons. The molecule has 0 aliphatic rings. The van der Waals surface area contributed by atoms with Crippen molar-refractivity contribution in [1.29, 1.82) is 21.0 Å². The largest absolute Gasteiger partial charge is 0.361 e. The first-order valence-electron chi connectivity index (χ1n) is 27.3. The Labute approximate surface area is 502 Å². The van der Waals surface area contributed by atoms with Gasteiger partial charge in [0.2, 0.25) is 0 Å². The highest BCUT2D eigenvalue weighted by molar-refractivity contribution is 7.20. The molecule has 7 rings (SSSR count). The Morgan fingerprint density at radius 2 is 0.786 bits per heavy atom. The minimum atomic E-state index is -0.413. The highest BCUT2D eigenvalue weighted by atomic mass is 32.1. The molecule has 0 fully saturated rings. The minimum absolute atomic E-state index is 0.0140. The molecule has 0 N–H and O–H groups in total. The molecule has 0 saturated carbocycles. The first-order valence-corrected chi connectivity index (χ1v) is 29.7. The van der Waals surface area contributed by atoms with Crippen LogP contribution in [0.3, 0.4) is 0 Å². The van der Waals surface area contributed by atoms with Gasteiger partial charge in [-0.3, -0.25) is 13.7 Å². The summed E-state index contributed by atoms with van der Waals surface area (Å²) in [6, 6.07) is 13.9. The Hall–Kier alpha value is -9.12. The van der Waals surface area contributed by atoms with Crippen molar-refractivity contribution in [3.8, 4) is 24.3 Å². The predicted octanol–water partition coefficient (Wildman–Crippen LogP) is 15.1. The summed E-state index contributed by atoms with van der Waals surface area (Å²) < 4.78 is 4.51. The fraction of sp³-hybridized carbons (Fsp3) is 0.474. The number of benzene rings is 1. The zero-order valence-electron chi connectivity index (χ0n) is 50.1. The van der Waals surface area contributed by atoms with E-state index in [-0.39, 0.29) is 71.9 Å². The maximum absolute atomic E-state index is 10.7. The number of hydrogen-bond donors (Lipinski definition) is 0. The third-order valence-electron chi connectivity index (χ3n) is 13.3. The van der Waals surface area contributed by atoms with Crippen LogP contribution >= 0.6 is 34.0 Å². The molecule has 6 aromatic heterocycles. The van der Waals surface area contributed by atoms with Crippen LogP contribution in [0.15, 0.2) is 48.9 Å². The van der Waals surface area contributed by atoms with E-state index in [1.807, 2.05) is 86.6 Å². The Bertz CT molecular complexity index is 3500. The summed E-state index contributed by atoms with van der Waals surface area (Å²) >= 11 is 4.16. The molecule has 6 heterocycles. The lowest BCUT2D eigenvalue weighted by atomic mass is 9.93. The van der Waals surface area contributed by atoms with Crippen molar-refractivity contribution < 1.29 is 0 Å². The predicted molar refractivity (Wildman–Crippen MR) is 327 cm³/mol. The van der Waals surface area contributed by atoms with Crippen molar-refractivity contribution in [2.45, 2.75) is 140 Å². The summed E-state index contributed by atoms with van der Waals surface area (Å²) in [7, 11) is 0. The van der Waals surface area contributed by atoms with Crippen LogP contribution in [0.1, 0.15) is 160 Å². The number of azo groups is 3. The van der Waals surface area contributed by atoms with Gasteiger partial charge in [0.15, 0.2) is 53.2 Å². The van der Waals surface area contributed by atoms with Crippen molar-refractivity contribution in [2.24, 2.45) is 30.7 Å². The van der Waals surface area contributed by atoms with Crippen molar-refractivity contribution in [1.82, 2.24) is 43.6 Å². The van der Waals surface area contributed by atoms with Crippen molar-refractivity contribution in [3.05, 3.63) is 97.6 Å². The minimum Gasteiger partial charge on any atom is -0.361 e. The molecule has 0 radical (unpaired) electrons. The first-order chi connectivity index (χ1) is 39.9. The van der Waals surface area contributed by atoms with Crippen LogP contribution in [-0.4, -0.2) is 82.9 Å². The third-order valence-corrected chi connectivity index (χ3v) is 16.3. The maximum Gasteiger partial charge on any atom is 0.345 e. The van der Waals surface area contributed by atoms with Gasteiger partial charge in [-0.05, 0) is 58.2 Å². The molecule has 84 heavy (non-hydrogen) atoms. The summed E-state index contributed by atoms with van der Waals surface area (Å²) in [5, 5.41) is 74.0. The molecule has 0 spiro atoms. The standard InChI is InChI=1S/C57H66N24S3/c1-18-76(19-2)52-66-41(55(7,8)9)46(82-52)70-73-49-64-37(27-58)39(29-60)79(49)31-34-24-35(32-80-40(30-61)44(62-16)69-51(80)75-72-48-43(57(13,14)15)68-54(84-48)78(22-5)23-6)26-36(25-34)33-81-45(63-17)38(28-59)65-50(81)74-71-47-42(56(10,11)12)67-53(83-47)77(20-3)21-4/h24-26H,18-23,31-33H2,1-15H3. The number of rotatable bonds is 21. The molecule has 0 amide bonds. The number of thiazole rings is 3.